The summed E-state index contributed by atoms with van der Waals surface area (Å²) >= 11 is 0. The van der Waals surface area contributed by atoms with Gasteiger partial charge in [-0.25, -0.2) is 8.78 Å². The van der Waals surface area contributed by atoms with E-state index in [4.69, 9.17) is 0 Å². The standard InChI is InChI=1S/C52H42B2F2N4/c1-27-21-35-33-13-9-11-15-39(33)53-57-41-19-17-31(55)25-37(41)52(7,8)46-47(57)49(59(53)43(35)23-29(27)3)45-48-50(46)60-44-24-30(4)28(2)22-36(44)34-14-10-12-16-40(34)54(60)58(48)42-20-18-32(56)26-38(42)51(45,5)6/h9-26H,1-8H3. The van der Waals surface area contributed by atoms with Crippen LogP contribution in [0.25, 0.3) is 22.3 Å². The lowest BCUT2D eigenvalue weighted by Crippen LogP contribution is -2.58. The fourth-order valence-corrected chi connectivity index (χ4v) is 12.2. The van der Waals surface area contributed by atoms with Crippen LogP contribution in [0.3, 0.4) is 0 Å². The van der Waals surface area contributed by atoms with E-state index >= 15 is 8.78 Å². The summed E-state index contributed by atoms with van der Waals surface area (Å²) in [6.07, 6.45) is 0. The molecular formula is C52H42B2F2N4. The second kappa shape index (κ2) is 10.9. The largest absolute Gasteiger partial charge is 0.421 e. The number of hydrogen-bond acceptors (Lipinski definition) is 4. The smallest absolute Gasteiger partial charge is 0.359 e. The van der Waals surface area contributed by atoms with Crippen molar-refractivity contribution in [2.75, 3.05) is 19.2 Å². The number of anilines is 8. The van der Waals surface area contributed by atoms with Crippen LogP contribution in [0.5, 0.6) is 0 Å². The van der Waals surface area contributed by atoms with Gasteiger partial charge in [0, 0.05) is 55.8 Å². The van der Waals surface area contributed by atoms with Crippen LogP contribution in [-0.2, 0) is 10.8 Å². The lowest BCUT2D eigenvalue weighted by Gasteiger charge is -2.45. The summed E-state index contributed by atoms with van der Waals surface area (Å²) in [6, 6.07) is 37.9. The first kappa shape index (κ1) is 34.6. The summed E-state index contributed by atoms with van der Waals surface area (Å²) in [5.41, 5.74) is 24.1. The summed E-state index contributed by atoms with van der Waals surface area (Å²) in [6.45, 7) is 17.5. The van der Waals surface area contributed by atoms with Gasteiger partial charge in [0.2, 0.25) is 0 Å². The van der Waals surface area contributed by atoms with Crippen molar-refractivity contribution in [1.29, 1.82) is 0 Å². The molecule has 0 amide bonds. The van der Waals surface area contributed by atoms with E-state index in [-0.39, 0.29) is 25.6 Å². The molecule has 0 radical (unpaired) electrons. The third kappa shape index (κ3) is 3.86. The Kier molecular flexibility index (Phi) is 6.29. The second-order valence-electron chi connectivity index (χ2n) is 19.0. The van der Waals surface area contributed by atoms with Gasteiger partial charge >= 0.3 is 14.0 Å². The lowest BCUT2D eigenvalue weighted by atomic mass is 9.57. The summed E-state index contributed by atoms with van der Waals surface area (Å²) in [7, 11) is 0. The first-order valence-corrected chi connectivity index (χ1v) is 21.2. The summed E-state index contributed by atoms with van der Waals surface area (Å²) in [5.74, 6) is -0.479. The van der Waals surface area contributed by atoms with E-state index in [1.54, 1.807) is 24.3 Å². The maximum absolute atomic E-state index is 15.9. The summed E-state index contributed by atoms with van der Waals surface area (Å²) in [5, 5.41) is 0. The molecule has 0 fully saturated rings. The molecule has 0 spiro atoms. The number of benzene rings is 7. The zero-order valence-electron chi connectivity index (χ0n) is 35.1. The van der Waals surface area contributed by atoms with Crippen molar-refractivity contribution >= 4 is 70.4 Å². The molecule has 7 aromatic rings. The molecule has 7 aromatic carbocycles. The van der Waals surface area contributed by atoms with Gasteiger partial charge in [-0.1, -0.05) is 76.2 Å². The van der Waals surface area contributed by atoms with Gasteiger partial charge in [0.15, 0.2) is 0 Å². The minimum atomic E-state index is -0.632. The molecule has 13 rings (SSSR count). The van der Waals surface area contributed by atoms with Crippen LogP contribution in [0.2, 0.25) is 0 Å². The normalized spacial score (nSPS) is 16.9. The van der Waals surface area contributed by atoms with Crippen LogP contribution in [0.4, 0.5) is 54.3 Å². The number of rotatable bonds is 0. The molecule has 290 valence electrons. The Morgan fingerprint density at radius 3 is 1.15 bits per heavy atom. The van der Waals surface area contributed by atoms with E-state index in [2.05, 4.69) is 147 Å². The predicted octanol–water partition coefficient (Wildman–Crippen LogP) is 11.8. The Labute approximate surface area is 350 Å². The fraction of sp³-hybridized carbons (Fsp3) is 0.192. The third-order valence-electron chi connectivity index (χ3n) is 15.2. The molecular weight excluding hydrogens is 740 g/mol. The predicted molar refractivity (Wildman–Crippen MR) is 246 cm³/mol. The monoisotopic (exact) mass is 782 g/mol. The topological polar surface area (TPSA) is 13.0 Å². The Bertz CT molecular complexity index is 2980. The number of hydrogen-bond donors (Lipinski definition) is 0. The van der Waals surface area contributed by atoms with Gasteiger partial charge in [0.1, 0.15) is 11.6 Å². The van der Waals surface area contributed by atoms with E-state index in [1.165, 1.54) is 66.6 Å². The Balaban J connectivity index is 1.27. The molecule has 8 heteroatoms. The molecule has 0 N–H and O–H groups in total. The molecule has 6 aliphatic rings. The van der Waals surface area contributed by atoms with Crippen molar-refractivity contribution in [2.45, 2.75) is 66.2 Å². The summed E-state index contributed by atoms with van der Waals surface area (Å²) in [4.78, 5) is 10.3. The first-order chi connectivity index (χ1) is 28.8. The van der Waals surface area contributed by atoms with E-state index in [0.29, 0.717) is 0 Å². The number of halogens is 2. The number of aryl methyl sites for hydroxylation is 4. The highest BCUT2D eigenvalue weighted by Gasteiger charge is 2.62. The molecule has 60 heavy (non-hydrogen) atoms. The van der Waals surface area contributed by atoms with Crippen molar-refractivity contribution < 1.29 is 8.78 Å². The molecule has 6 aliphatic heterocycles. The minimum absolute atomic E-state index is 0.239. The molecule has 0 saturated heterocycles. The van der Waals surface area contributed by atoms with Gasteiger partial charge in [0.05, 0.1) is 22.7 Å². The average Bonchev–Trinajstić information content (AvgIpc) is 3.75. The molecule has 0 aliphatic carbocycles. The number of nitrogens with zero attached hydrogens (tertiary/aromatic N) is 4. The molecule has 6 heterocycles. The molecule has 0 aromatic heterocycles. The van der Waals surface area contributed by atoms with Crippen LogP contribution >= 0.6 is 0 Å². The Hall–Kier alpha value is -6.27. The van der Waals surface area contributed by atoms with Gasteiger partial charge < -0.3 is 19.2 Å². The van der Waals surface area contributed by atoms with Gasteiger partial charge in [-0.15, -0.1) is 0 Å². The van der Waals surface area contributed by atoms with E-state index < -0.39 is 10.8 Å². The van der Waals surface area contributed by atoms with E-state index in [1.807, 2.05) is 12.1 Å². The van der Waals surface area contributed by atoms with Gasteiger partial charge in [0.25, 0.3) is 0 Å². The first-order valence-electron chi connectivity index (χ1n) is 21.2. The number of fused-ring (bicyclic) bond motifs is 22. The van der Waals surface area contributed by atoms with E-state index in [9.17, 15) is 0 Å². The lowest BCUT2D eigenvalue weighted by molar-refractivity contribution is 0.593. The molecule has 0 bridgehead atoms. The van der Waals surface area contributed by atoms with Gasteiger partial charge in [-0.2, -0.15) is 0 Å². The van der Waals surface area contributed by atoms with Crippen LogP contribution in [0, 0.1) is 39.3 Å². The quantitative estimate of drug-likeness (QED) is 0.142. The highest BCUT2D eigenvalue weighted by molar-refractivity contribution is 6.88. The highest BCUT2D eigenvalue weighted by Crippen LogP contribution is 2.71. The molecule has 0 saturated carbocycles. The second-order valence-corrected chi connectivity index (χ2v) is 19.0. The molecule has 0 atom stereocenters. The minimum Gasteiger partial charge on any atom is -0.359 e. The van der Waals surface area contributed by atoms with Crippen molar-refractivity contribution in [3.8, 4) is 22.3 Å². The third-order valence-corrected chi connectivity index (χ3v) is 15.2. The SMILES string of the molecule is Cc1cc2c(cc1C)N1B(c3ccccc3-2)N2c3ccc(F)cc3C(C)(C)c3c4c5c(c1c32)C(C)(C)c1cc(F)ccc1N5B1c2ccccc2-c2cc(C)c(C)cc2N14. The van der Waals surface area contributed by atoms with Crippen LogP contribution < -0.4 is 30.2 Å². The van der Waals surface area contributed by atoms with E-state index in [0.717, 1.165) is 56.6 Å². The van der Waals surface area contributed by atoms with Crippen LogP contribution in [-0.4, -0.2) is 14.0 Å². The highest BCUT2D eigenvalue weighted by atomic mass is 19.1. The fourth-order valence-electron chi connectivity index (χ4n) is 12.2. The van der Waals surface area contributed by atoms with Crippen molar-refractivity contribution in [2.24, 2.45) is 0 Å². The zero-order valence-corrected chi connectivity index (χ0v) is 35.1. The van der Waals surface area contributed by atoms with Crippen molar-refractivity contribution in [3.05, 3.63) is 165 Å². The van der Waals surface area contributed by atoms with Crippen molar-refractivity contribution in [1.82, 2.24) is 0 Å². The maximum Gasteiger partial charge on any atom is 0.421 e. The van der Waals surface area contributed by atoms with Crippen LogP contribution in [0.15, 0.2) is 109 Å². The summed E-state index contributed by atoms with van der Waals surface area (Å²) < 4.78 is 31.8. The Morgan fingerprint density at radius 1 is 0.400 bits per heavy atom. The van der Waals surface area contributed by atoms with Crippen molar-refractivity contribution in [3.63, 3.8) is 0 Å². The van der Waals surface area contributed by atoms with Crippen LogP contribution in [0.1, 0.15) is 72.2 Å². The van der Waals surface area contributed by atoms with Gasteiger partial charge in [-0.3, -0.25) is 0 Å². The Morgan fingerprint density at radius 2 is 0.750 bits per heavy atom. The zero-order chi connectivity index (χ0) is 41.0. The maximum atomic E-state index is 15.9. The molecule has 4 nitrogen and oxygen atoms in total. The molecule has 0 unspecified atom stereocenters. The van der Waals surface area contributed by atoms with Gasteiger partial charge in [-0.05, 0) is 144 Å². The average molecular weight is 783 g/mol.